The minimum absolute atomic E-state index is 0.0128. The summed E-state index contributed by atoms with van der Waals surface area (Å²) >= 11 is 0. The first-order valence-corrected chi connectivity index (χ1v) is 8.96. The van der Waals surface area contributed by atoms with Crippen molar-refractivity contribution < 1.29 is 9.72 Å². The molecule has 0 radical (unpaired) electrons. The van der Waals surface area contributed by atoms with Crippen LogP contribution in [0.25, 0.3) is 11.6 Å². The number of non-ortho nitro benzene ring substituents is 1. The van der Waals surface area contributed by atoms with Gasteiger partial charge in [0.1, 0.15) is 0 Å². The van der Waals surface area contributed by atoms with Gasteiger partial charge in [-0.15, -0.1) is 0 Å². The number of carbonyl (C=O) groups is 1. The van der Waals surface area contributed by atoms with E-state index in [0.717, 1.165) is 31.2 Å². The Morgan fingerprint density at radius 3 is 2.46 bits per heavy atom. The quantitative estimate of drug-likeness (QED) is 0.371. The number of nitrogens with zero attached hydrogens (tertiary/aromatic N) is 1. The van der Waals surface area contributed by atoms with E-state index < -0.39 is 4.92 Å². The lowest BCUT2D eigenvalue weighted by Gasteiger charge is -2.23. The van der Waals surface area contributed by atoms with Crippen molar-refractivity contribution in [1.82, 2.24) is 5.32 Å². The third-order valence-electron chi connectivity index (χ3n) is 4.66. The van der Waals surface area contributed by atoms with E-state index in [2.05, 4.69) is 5.32 Å². The van der Waals surface area contributed by atoms with Crippen molar-refractivity contribution in [2.45, 2.75) is 38.1 Å². The Morgan fingerprint density at radius 2 is 1.77 bits per heavy atom. The first kappa shape index (κ1) is 17.9. The molecule has 1 saturated carbocycles. The molecule has 0 aliphatic heterocycles. The van der Waals surface area contributed by atoms with Crippen LogP contribution in [0, 0.1) is 10.1 Å². The van der Waals surface area contributed by atoms with Crippen molar-refractivity contribution >= 4 is 23.2 Å². The van der Waals surface area contributed by atoms with Crippen LogP contribution >= 0.6 is 0 Å². The van der Waals surface area contributed by atoms with Crippen molar-refractivity contribution in [3.05, 3.63) is 75.8 Å². The van der Waals surface area contributed by atoms with Crippen molar-refractivity contribution in [1.29, 1.82) is 0 Å². The van der Waals surface area contributed by atoms with Crippen LogP contribution in [0.2, 0.25) is 0 Å². The third kappa shape index (κ3) is 4.57. The monoisotopic (exact) mass is 350 g/mol. The van der Waals surface area contributed by atoms with E-state index in [1.165, 1.54) is 18.6 Å². The second kappa shape index (κ2) is 8.43. The number of nitrogens with one attached hydrogen (secondary N) is 1. The van der Waals surface area contributed by atoms with Gasteiger partial charge in [-0.3, -0.25) is 14.9 Å². The van der Waals surface area contributed by atoms with Gasteiger partial charge >= 0.3 is 0 Å². The van der Waals surface area contributed by atoms with Crippen molar-refractivity contribution in [2.75, 3.05) is 0 Å². The summed E-state index contributed by atoms with van der Waals surface area (Å²) in [6, 6.07) is 15.9. The van der Waals surface area contributed by atoms with E-state index in [0.29, 0.717) is 11.1 Å². The Morgan fingerprint density at radius 1 is 1.04 bits per heavy atom. The zero-order valence-corrected chi connectivity index (χ0v) is 14.6. The van der Waals surface area contributed by atoms with Crippen LogP contribution in [-0.2, 0) is 4.79 Å². The van der Waals surface area contributed by atoms with Gasteiger partial charge in [0, 0.05) is 23.7 Å². The maximum atomic E-state index is 12.9. The summed E-state index contributed by atoms with van der Waals surface area (Å²) in [6.45, 7) is 0. The molecular weight excluding hydrogens is 328 g/mol. The summed E-state index contributed by atoms with van der Waals surface area (Å²) in [5.41, 5.74) is 1.97. The molecule has 0 spiro atoms. The van der Waals surface area contributed by atoms with Gasteiger partial charge < -0.3 is 5.32 Å². The largest absolute Gasteiger partial charge is 0.349 e. The normalized spacial score (nSPS) is 15.5. The lowest BCUT2D eigenvalue weighted by atomic mass is 9.94. The molecular formula is C21H22N2O3. The first-order chi connectivity index (χ1) is 12.6. The van der Waals surface area contributed by atoms with Gasteiger partial charge in [0.25, 0.3) is 11.6 Å². The van der Waals surface area contributed by atoms with Gasteiger partial charge in [0.15, 0.2) is 0 Å². The molecule has 1 amide bonds. The second-order valence-corrected chi connectivity index (χ2v) is 6.58. The van der Waals surface area contributed by atoms with Crippen molar-refractivity contribution in [3.63, 3.8) is 0 Å². The summed E-state index contributed by atoms with van der Waals surface area (Å²) in [6.07, 6.45) is 7.23. The minimum atomic E-state index is -0.429. The molecule has 2 aromatic carbocycles. The molecule has 26 heavy (non-hydrogen) atoms. The molecule has 1 aliphatic rings. The van der Waals surface area contributed by atoms with Crippen LogP contribution in [0.4, 0.5) is 5.69 Å². The molecule has 1 fully saturated rings. The van der Waals surface area contributed by atoms with E-state index in [1.54, 1.807) is 18.2 Å². The summed E-state index contributed by atoms with van der Waals surface area (Å²) in [7, 11) is 0. The summed E-state index contributed by atoms with van der Waals surface area (Å²) < 4.78 is 0. The van der Waals surface area contributed by atoms with E-state index >= 15 is 0 Å². The van der Waals surface area contributed by atoms with Gasteiger partial charge in [0.2, 0.25) is 0 Å². The fraction of sp³-hybridized carbons (Fsp3) is 0.286. The molecule has 0 atom stereocenters. The molecule has 0 saturated heterocycles. The average Bonchev–Trinajstić information content (AvgIpc) is 2.67. The highest BCUT2D eigenvalue weighted by Gasteiger charge is 2.19. The molecule has 1 aliphatic carbocycles. The van der Waals surface area contributed by atoms with Crippen LogP contribution in [0.3, 0.4) is 0 Å². The Bertz CT molecular complexity index is 809. The Kier molecular flexibility index (Phi) is 5.79. The number of carbonyl (C=O) groups excluding carboxylic acids is 1. The third-order valence-corrected chi connectivity index (χ3v) is 4.66. The molecule has 0 unspecified atom stereocenters. The number of nitro benzene ring substituents is 1. The lowest BCUT2D eigenvalue weighted by molar-refractivity contribution is -0.384. The maximum absolute atomic E-state index is 12.9. The number of hydrogen-bond acceptors (Lipinski definition) is 3. The van der Waals surface area contributed by atoms with Gasteiger partial charge in [0.05, 0.1) is 4.92 Å². The van der Waals surface area contributed by atoms with Crippen molar-refractivity contribution in [3.8, 4) is 0 Å². The number of benzene rings is 2. The highest BCUT2D eigenvalue weighted by molar-refractivity contribution is 6.24. The number of hydrogen-bond donors (Lipinski definition) is 1. The smallest absolute Gasteiger partial charge is 0.270 e. The fourth-order valence-electron chi connectivity index (χ4n) is 3.30. The number of rotatable bonds is 5. The standard InChI is InChI=1S/C21H22N2O3/c24-21(22-18-11-5-2-6-12-18)20(17-9-3-1-4-10-17)15-16-8-7-13-19(14-16)23(25)26/h1,3-4,7-10,13-15,18H,2,5-6,11-12H2,(H,22,24)/b20-15-. The van der Waals surface area contributed by atoms with Gasteiger partial charge in [-0.1, -0.05) is 61.7 Å². The van der Waals surface area contributed by atoms with Crippen molar-refractivity contribution in [2.24, 2.45) is 0 Å². The zero-order valence-electron chi connectivity index (χ0n) is 14.6. The summed E-state index contributed by atoms with van der Waals surface area (Å²) in [4.78, 5) is 23.5. The predicted molar refractivity (Wildman–Crippen MR) is 102 cm³/mol. The van der Waals surface area contributed by atoms with Gasteiger partial charge in [-0.05, 0) is 30.0 Å². The molecule has 0 heterocycles. The molecule has 5 heteroatoms. The molecule has 1 N–H and O–H groups in total. The van der Waals surface area contributed by atoms with E-state index in [-0.39, 0.29) is 17.6 Å². The second-order valence-electron chi connectivity index (χ2n) is 6.58. The topological polar surface area (TPSA) is 72.2 Å². The molecule has 2 aromatic rings. The molecule has 134 valence electrons. The summed E-state index contributed by atoms with van der Waals surface area (Å²) in [5, 5.41) is 14.1. The molecule has 5 nitrogen and oxygen atoms in total. The highest BCUT2D eigenvalue weighted by Crippen LogP contribution is 2.23. The van der Waals surface area contributed by atoms with Crippen LogP contribution in [0.1, 0.15) is 43.2 Å². The van der Waals surface area contributed by atoms with E-state index in [9.17, 15) is 14.9 Å². The zero-order chi connectivity index (χ0) is 18.4. The Labute approximate surface area is 152 Å². The van der Waals surface area contributed by atoms with Crippen LogP contribution in [-0.4, -0.2) is 16.9 Å². The molecule has 0 aromatic heterocycles. The van der Waals surface area contributed by atoms with Crippen LogP contribution in [0.15, 0.2) is 54.6 Å². The van der Waals surface area contributed by atoms with E-state index in [1.807, 2.05) is 30.3 Å². The highest BCUT2D eigenvalue weighted by atomic mass is 16.6. The Balaban J connectivity index is 1.91. The van der Waals surface area contributed by atoms with E-state index in [4.69, 9.17) is 0 Å². The van der Waals surface area contributed by atoms with Gasteiger partial charge in [-0.2, -0.15) is 0 Å². The Hall–Kier alpha value is -2.95. The maximum Gasteiger partial charge on any atom is 0.270 e. The SMILES string of the molecule is O=C(NC1CCCCC1)/C(=C\c1cccc([N+](=O)[O-])c1)c1ccccc1. The lowest BCUT2D eigenvalue weighted by Crippen LogP contribution is -2.36. The molecule has 3 rings (SSSR count). The number of nitro groups is 1. The fourth-order valence-corrected chi connectivity index (χ4v) is 3.30. The first-order valence-electron chi connectivity index (χ1n) is 8.96. The summed E-state index contributed by atoms with van der Waals surface area (Å²) in [5.74, 6) is -0.130. The average molecular weight is 350 g/mol. The van der Waals surface area contributed by atoms with Gasteiger partial charge in [-0.25, -0.2) is 0 Å². The van der Waals surface area contributed by atoms with Crippen LogP contribution < -0.4 is 5.32 Å². The number of amides is 1. The predicted octanol–water partition coefficient (Wildman–Crippen LogP) is 4.58. The molecule has 0 bridgehead atoms. The van der Waals surface area contributed by atoms with Crippen LogP contribution in [0.5, 0.6) is 0 Å². The minimum Gasteiger partial charge on any atom is -0.349 e.